The molecule has 17 heavy (non-hydrogen) atoms. The topological polar surface area (TPSA) is 38.5 Å². The van der Waals surface area contributed by atoms with Crippen molar-refractivity contribution >= 4 is 5.69 Å². The molecule has 0 aliphatic rings. The Morgan fingerprint density at radius 2 is 2.00 bits per heavy atom. The summed E-state index contributed by atoms with van der Waals surface area (Å²) in [7, 11) is 3.81. The first-order chi connectivity index (χ1) is 8.15. The molecule has 0 aliphatic carbocycles. The zero-order chi connectivity index (χ0) is 12.7. The lowest BCUT2D eigenvalue weighted by Gasteiger charge is -2.17. The molecule has 1 aromatic carbocycles. The number of nitrogens with two attached hydrogens (primary N) is 1. The average molecular weight is 236 g/mol. The van der Waals surface area contributed by atoms with Gasteiger partial charge in [-0.2, -0.15) is 0 Å². The molecule has 0 fully saturated rings. The molecule has 0 spiro atoms. The first-order valence-corrected chi connectivity index (χ1v) is 6.27. The van der Waals surface area contributed by atoms with Crippen molar-refractivity contribution < 1.29 is 4.74 Å². The van der Waals surface area contributed by atoms with Crippen molar-refractivity contribution in [1.82, 2.24) is 4.90 Å². The highest BCUT2D eigenvalue weighted by atomic mass is 16.5. The van der Waals surface area contributed by atoms with E-state index in [1.54, 1.807) is 7.11 Å². The Balaban J connectivity index is 2.52. The summed E-state index contributed by atoms with van der Waals surface area (Å²) in [6.45, 7) is 4.28. The summed E-state index contributed by atoms with van der Waals surface area (Å²) in [4.78, 5) is 2.32. The van der Waals surface area contributed by atoms with Gasteiger partial charge in [0, 0.05) is 18.3 Å². The van der Waals surface area contributed by atoms with Gasteiger partial charge in [0.05, 0.1) is 7.11 Å². The lowest BCUT2D eigenvalue weighted by atomic mass is 10.1. The van der Waals surface area contributed by atoms with Crippen LogP contribution in [0.4, 0.5) is 5.69 Å². The molecule has 0 heterocycles. The van der Waals surface area contributed by atoms with Gasteiger partial charge in [0.2, 0.25) is 0 Å². The van der Waals surface area contributed by atoms with Gasteiger partial charge in [-0.3, -0.25) is 0 Å². The van der Waals surface area contributed by atoms with Crippen LogP contribution in [0.1, 0.15) is 31.7 Å². The smallest absolute Gasteiger partial charge is 0.121 e. The predicted molar refractivity (Wildman–Crippen MR) is 73.3 cm³/mol. The van der Waals surface area contributed by atoms with Gasteiger partial charge in [0.15, 0.2) is 0 Å². The molecular formula is C14H24N2O. The highest BCUT2D eigenvalue weighted by molar-refractivity contribution is 5.47. The van der Waals surface area contributed by atoms with Crippen molar-refractivity contribution in [2.45, 2.75) is 32.7 Å². The third-order valence-electron chi connectivity index (χ3n) is 2.82. The van der Waals surface area contributed by atoms with Gasteiger partial charge < -0.3 is 15.4 Å². The van der Waals surface area contributed by atoms with Crippen LogP contribution in [0.15, 0.2) is 18.2 Å². The van der Waals surface area contributed by atoms with E-state index in [0.29, 0.717) is 0 Å². The summed E-state index contributed by atoms with van der Waals surface area (Å²) in [5.74, 6) is 0.835. The molecule has 96 valence electrons. The van der Waals surface area contributed by atoms with Crippen molar-refractivity contribution in [3.63, 3.8) is 0 Å². The number of rotatable bonds is 7. The number of nitrogens with zero attached hydrogens (tertiary/aromatic N) is 1. The van der Waals surface area contributed by atoms with Gasteiger partial charge in [-0.15, -0.1) is 0 Å². The second kappa shape index (κ2) is 7.17. The summed E-state index contributed by atoms with van der Waals surface area (Å²) >= 11 is 0. The number of hydrogen-bond acceptors (Lipinski definition) is 3. The Bertz CT molecular complexity index is 339. The van der Waals surface area contributed by atoms with Gasteiger partial charge in [0.1, 0.15) is 5.75 Å². The number of hydrogen-bond donors (Lipinski definition) is 1. The van der Waals surface area contributed by atoms with Crippen LogP contribution in [0.2, 0.25) is 0 Å². The molecule has 3 heteroatoms. The summed E-state index contributed by atoms with van der Waals surface area (Å²) in [5, 5.41) is 0. The van der Waals surface area contributed by atoms with Crippen molar-refractivity contribution in [3.05, 3.63) is 23.8 Å². The molecule has 0 saturated carbocycles. The molecule has 0 aliphatic heterocycles. The molecule has 0 aromatic heterocycles. The maximum absolute atomic E-state index is 5.83. The maximum Gasteiger partial charge on any atom is 0.121 e. The fourth-order valence-electron chi connectivity index (χ4n) is 1.92. The number of nitrogen functional groups attached to an aromatic ring is 1. The van der Waals surface area contributed by atoms with Crippen LogP contribution < -0.4 is 10.5 Å². The third-order valence-corrected chi connectivity index (χ3v) is 2.82. The number of anilines is 1. The van der Waals surface area contributed by atoms with Gasteiger partial charge in [0.25, 0.3) is 0 Å². The first-order valence-electron chi connectivity index (χ1n) is 6.27. The molecule has 0 radical (unpaired) electrons. The number of ether oxygens (including phenoxy) is 1. The molecule has 3 nitrogen and oxygen atoms in total. The minimum absolute atomic E-state index is 0.765. The second-order valence-electron chi connectivity index (χ2n) is 4.56. The summed E-state index contributed by atoms with van der Waals surface area (Å²) in [6, 6.07) is 5.91. The average Bonchev–Trinajstić information content (AvgIpc) is 2.28. The predicted octanol–water partition coefficient (Wildman–Crippen LogP) is 2.90. The molecule has 0 unspecified atom stereocenters. The normalized spacial score (nSPS) is 10.8. The van der Waals surface area contributed by atoms with Crippen LogP contribution in [-0.2, 0) is 6.54 Å². The number of methoxy groups -OCH3 is 1. The summed E-state index contributed by atoms with van der Waals surface area (Å²) in [5.41, 5.74) is 7.81. The largest absolute Gasteiger partial charge is 0.497 e. The molecule has 1 aromatic rings. The zero-order valence-corrected chi connectivity index (χ0v) is 11.2. The molecule has 1 rings (SSSR count). The molecular weight excluding hydrogens is 212 g/mol. The number of benzene rings is 1. The Kier molecular flexibility index (Phi) is 5.84. The van der Waals surface area contributed by atoms with Gasteiger partial charge in [-0.05, 0) is 37.7 Å². The Hall–Kier alpha value is -1.22. The van der Waals surface area contributed by atoms with E-state index in [1.165, 1.54) is 24.8 Å². The van der Waals surface area contributed by atoms with Crippen LogP contribution in [-0.4, -0.2) is 25.6 Å². The van der Waals surface area contributed by atoms with Crippen molar-refractivity contribution in [2.75, 3.05) is 26.4 Å². The fourth-order valence-corrected chi connectivity index (χ4v) is 1.92. The molecule has 0 atom stereocenters. The Morgan fingerprint density at radius 1 is 1.24 bits per heavy atom. The monoisotopic (exact) mass is 236 g/mol. The van der Waals surface area contributed by atoms with E-state index >= 15 is 0 Å². The van der Waals surface area contributed by atoms with Gasteiger partial charge >= 0.3 is 0 Å². The van der Waals surface area contributed by atoms with E-state index in [-0.39, 0.29) is 0 Å². The second-order valence-corrected chi connectivity index (χ2v) is 4.56. The summed E-state index contributed by atoms with van der Waals surface area (Å²) in [6.07, 6.45) is 3.82. The number of unbranched alkanes of at least 4 members (excludes halogenated alkanes) is 2. The van der Waals surface area contributed by atoms with Crippen LogP contribution in [0.5, 0.6) is 5.75 Å². The van der Waals surface area contributed by atoms with E-state index in [9.17, 15) is 0 Å². The van der Waals surface area contributed by atoms with Crippen LogP contribution in [0.25, 0.3) is 0 Å². The Morgan fingerprint density at radius 3 is 2.65 bits per heavy atom. The van der Waals surface area contributed by atoms with E-state index in [0.717, 1.165) is 24.5 Å². The molecule has 0 bridgehead atoms. The quantitative estimate of drug-likeness (QED) is 0.584. The SMILES string of the molecule is CCCCCN(C)Cc1cc(N)cc(OC)c1. The highest BCUT2D eigenvalue weighted by Gasteiger charge is 2.03. The minimum atomic E-state index is 0.765. The van der Waals surface area contributed by atoms with Crippen LogP contribution >= 0.6 is 0 Å². The van der Waals surface area contributed by atoms with Gasteiger partial charge in [-0.25, -0.2) is 0 Å². The highest BCUT2D eigenvalue weighted by Crippen LogP contribution is 2.19. The fraction of sp³-hybridized carbons (Fsp3) is 0.571. The van der Waals surface area contributed by atoms with E-state index in [2.05, 4.69) is 18.9 Å². The van der Waals surface area contributed by atoms with Crippen LogP contribution in [0, 0.1) is 0 Å². The van der Waals surface area contributed by atoms with Gasteiger partial charge in [-0.1, -0.05) is 19.8 Å². The lowest BCUT2D eigenvalue weighted by Crippen LogP contribution is -2.19. The zero-order valence-electron chi connectivity index (χ0n) is 11.2. The molecule has 0 amide bonds. The standard InChI is InChI=1S/C14H24N2O/c1-4-5-6-7-16(2)11-12-8-13(15)10-14(9-12)17-3/h8-10H,4-7,11,15H2,1-3H3. The molecule has 0 saturated heterocycles. The molecule has 2 N–H and O–H groups in total. The Labute approximate surface area is 105 Å². The van der Waals surface area contributed by atoms with Crippen LogP contribution in [0.3, 0.4) is 0 Å². The lowest BCUT2D eigenvalue weighted by molar-refractivity contribution is 0.317. The maximum atomic E-state index is 5.83. The minimum Gasteiger partial charge on any atom is -0.497 e. The van der Waals surface area contributed by atoms with E-state index in [1.807, 2.05) is 18.2 Å². The third kappa shape index (κ3) is 5.09. The first kappa shape index (κ1) is 13.8. The van der Waals surface area contributed by atoms with Crippen molar-refractivity contribution in [3.8, 4) is 5.75 Å². The van der Waals surface area contributed by atoms with E-state index < -0.39 is 0 Å². The van der Waals surface area contributed by atoms with Crippen molar-refractivity contribution in [1.29, 1.82) is 0 Å². The van der Waals surface area contributed by atoms with E-state index in [4.69, 9.17) is 10.5 Å². The summed E-state index contributed by atoms with van der Waals surface area (Å²) < 4.78 is 5.22. The van der Waals surface area contributed by atoms with Crippen molar-refractivity contribution in [2.24, 2.45) is 0 Å².